The summed E-state index contributed by atoms with van der Waals surface area (Å²) in [6.45, 7) is 6.37. The Hall–Kier alpha value is -2.08. The predicted molar refractivity (Wildman–Crippen MR) is 108 cm³/mol. The molecule has 0 unspecified atom stereocenters. The highest BCUT2D eigenvalue weighted by Gasteiger charge is 2.20. The molecule has 1 aromatic heterocycles. The van der Waals surface area contributed by atoms with Crippen molar-refractivity contribution in [3.05, 3.63) is 45.9 Å². The van der Waals surface area contributed by atoms with E-state index in [-0.39, 0.29) is 0 Å². The van der Waals surface area contributed by atoms with Crippen LogP contribution in [0.5, 0.6) is 5.75 Å². The van der Waals surface area contributed by atoms with Crippen molar-refractivity contribution in [2.24, 2.45) is 4.99 Å². The predicted octanol–water partition coefficient (Wildman–Crippen LogP) is 3.68. The lowest BCUT2D eigenvalue weighted by atomic mass is 9.96. The summed E-state index contributed by atoms with van der Waals surface area (Å²) >= 11 is 1.70. The van der Waals surface area contributed by atoms with Gasteiger partial charge in [0.05, 0.1) is 23.4 Å². The molecule has 2 N–H and O–H groups in total. The van der Waals surface area contributed by atoms with Gasteiger partial charge in [0.2, 0.25) is 0 Å². The molecular formula is C20H28N4OS. The summed E-state index contributed by atoms with van der Waals surface area (Å²) in [6, 6.07) is 8.22. The van der Waals surface area contributed by atoms with Crippen LogP contribution >= 0.6 is 11.3 Å². The van der Waals surface area contributed by atoms with Gasteiger partial charge in [0.1, 0.15) is 5.75 Å². The van der Waals surface area contributed by atoms with E-state index in [9.17, 15) is 0 Å². The van der Waals surface area contributed by atoms with Crippen molar-refractivity contribution in [1.82, 2.24) is 15.6 Å². The number of nitrogens with zero attached hydrogens (tertiary/aromatic N) is 2. The van der Waals surface area contributed by atoms with Gasteiger partial charge in [-0.25, -0.2) is 9.98 Å². The highest BCUT2D eigenvalue weighted by Crippen LogP contribution is 2.27. The van der Waals surface area contributed by atoms with Gasteiger partial charge >= 0.3 is 0 Å². The largest absolute Gasteiger partial charge is 0.490 e. The van der Waals surface area contributed by atoms with Crippen molar-refractivity contribution >= 4 is 17.3 Å². The fraction of sp³-hybridized carbons (Fsp3) is 0.500. The third-order valence-electron chi connectivity index (χ3n) is 4.41. The Morgan fingerprint density at radius 3 is 2.85 bits per heavy atom. The van der Waals surface area contributed by atoms with E-state index in [1.165, 1.54) is 6.42 Å². The highest BCUT2D eigenvalue weighted by molar-refractivity contribution is 7.09. The summed E-state index contributed by atoms with van der Waals surface area (Å²) in [7, 11) is 0. The normalized spacial score (nSPS) is 14.8. The van der Waals surface area contributed by atoms with Crippen LogP contribution in [0.4, 0.5) is 0 Å². The maximum absolute atomic E-state index is 6.10. The van der Waals surface area contributed by atoms with E-state index in [1.807, 2.05) is 25.1 Å². The number of hydrogen-bond donors (Lipinski definition) is 2. The molecule has 0 aliphatic heterocycles. The van der Waals surface area contributed by atoms with Crippen LogP contribution in [0.2, 0.25) is 0 Å². The van der Waals surface area contributed by atoms with Crippen molar-refractivity contribution in [3.63, 3.8) is 0 Å². The molecule has 0 saturated heterocycles. The van der Waals surface area contributed by atoms with E-state index >= 15 is 0 Å². The topological polar surface area (TPSA) is 58.5 Å². The van der Waals surface area contributed by atoms with Crippen LogP contribution in [-0.4, -0.2) is 30.1 Å². The summed E-state index contributed by atoms with van der Waals surface area (Å²) in [5, 5.41) is 9.94. The standard InChI is InChI=1S/C20H28N4OS/c1-3-21-20(22-12-11-17-14-26-15(2)24-17)23-13-16-7-4-5-10-19(16)25-18-8-6-9-18/h4-5,7,10,14,18H,3,6,8-9,11-13H2,1-2H3,(H2,21,22,23). The van der Waals surface area contributed by atoms with Crippen LogP contribution in [0.25, 0.3) is 0 Å². The average Bonchev–Trinajstić information content (AvgIpc) is 3.02. The molecule has 0 atom stereocenters. The fourth-order valence-electron chi connectivity index (χ4n) is 2.76. The van der Waals surface area contributed by atoms with Crippen molar-refractivity contribution in [1.29, 1.82) is 0 Å². The van der Waals surface area contributed by atoms with Gasteiger partial charge in [-0.05, 0) is 39.2 Å². The van der Waals surface area contributed by atoms with Gasteiger partial charge < -0.3 is 15.4 Å². The molecule has 0 bridgehead atoms. The van der Waals surface area contributed by atoms with E-state index < -0.39 is 0 Å². The van der Waals surface area contributed by atoms with E-state index in [2.05, 4.69) is 34.0 Å². The summed E-state index contributed by atoms with van der Waals surface area (Å²) in [4.78, 5) is 9.23. The van der Waals surface area contributed by atoms with Crippen LogP contribution in [-0.2, 0) is 13.0 Å². The second kappa shape index (κ2) is 9.57. The fourth-order valence-corrected chi connectivity index (χ4v) is 3.40. The zero-order valence-corrected chi connectivity index (χ0v) is 16.4. The van der Waals surface area contributed by atoms with Gasteiger partial charge in [-0.1, -0.05) is 18.2 Å². The number of aromatic nitrogens is 1. The van der Waals surface area contributed by atoms with Crippen LogP contribution in [0, 0.1) is 6.92 Å². The van der Waals surface area contributed by atoms with E-state index in [1.54, 1.807) is 11.3 Å². The number of aliphatic imine (C=N–C) groups is 1. The third-order valence-corrected chi connectivity index (χ3v) is 5.23. The number of thiazole rings is 1. The molecule has 2 aromatic rings. The number of para-hydroxylation sites is 1. The maximum Gasteiger partial charge on any atom is 0.191 e. The van der Waals surface area contributed by atoms with Crippen molar-refractivity contribution in [2.75, 3.05) is 13.1 Å². The first-order valence-corrected chi connectivity index (χ1v) is 10.3. The number of hydrogen-bond acceptors (Lipinski definition) is 4. The third kappa shape index (κ3) is 5.46. The van der Waals surface area contributed by atoms with Crippen LogP contribution in [0.3, 0.4) is 0 Å². The van der Waals surface area contributed by atoms with Crippen LogP contribution in [0.15, 0.2) is 34.6 Å². The Balaban J connectivity index is 1.56. The molecule has 5 nitrogen and oxygen atoms in total. The first-order valence-electron chi connectivity index (χ1n) is 9.42. The van der Waals surface area contributed by atoms with Gasteiger partial charge in [-0.3, -0.25) is 0 Å². The van der Waals surface area contributed by atoms with E-state index in [0.717, 1.165) is 60.3 Å². The zero-order chi connectivity index (χ0) is 18.2. The van der Waals surface area contributed by atoms with Gasteiger partial charge in [0.15, 0.2) is 5.96 Å². The van der Waals surface area contributed by atoms with Crippen LogP contribution in [0.1, 0.15) is 42.5 Å². The van der Waals surface area contributed by atoms with Crippen molar-refractivity contribution in [3.8, 4) is 5.75 Å². The Labute approximate surface area is 159 Å². The Bertz CT molecular complexity index is 724. The Morgan fingerprint density at radius 1 is 1.31 bits per heavy atom. The molecule has 1 saturated carbocycles. The second-order valence-electron chi connectivity index (χ2n) is 6.51. The molecule has 0 spiro atoms. The molecule has 1 fully saturated rings. The zero-order valence-electron chi connectivity index (χ0n) is 15.6. The molecule has 3 rings (SSSR count). The summed E-state index contributed by atoms with van der Waals surface area (Å²) < 4.78 is 6.10. The Morgan fingerprint density at radius 2 is 2.15 bits per heavy atom. The quantitative estimate of drug-likeness (QED) is 0.548. The lowest BCUT2D eigenvalue weighted by Crippen LogP contribution is -2.38. The van der Waals surface area contributed by atoms with E-state index in [4.69, 9.17) is 9.73 Å². The lowest BCUT2D eigenvalue weighted by molar-refractivity contribution is 0.119. The number of ether oxygens (including phenoxy) is 1. The summed E-state index contributed by atoms with van der Waals surface area (Å²) in [5.41, 5.74) is 2.27. The number of aryl methyl sites for hydroxylation is 1. The number of rotatable bonds is 8. The monoisotopic (exact) mass is 372 g/mol. The molecule has 0 amide bonds. The minimum Gasteiger partial charge on any atom is -0.490 e. The average molecular weight is 373 g/mol. The number of benzene rings is 1. The molecule has 1 aliphatic carbocycles. The minimum absolute atomic E-state index is 0.382. The smallest absolute Gasteiger partial charge is 0.191 e. The summed E-state index contributed by atoms with van der Waals surface area (Å²) in [6.07, 6.45) is 4.89. The maximum atomic E-state index is 6.10. The SMILES string of the molecule is CCNC(=NCc1ccccc1OC1CCC1)NCCc1csc(C)n1. The molecule has 1 aliphatic rings. The summed E-state index contributed by atoms with van der Waals surface area (Å²) in [5.74, 6) is 1.80. The van der Waals surface area contributed by atoms with Crippen LogP contribution < -0.4 is 15.4 Å². The van der Waals surface area contributed by atoms with E-state index in [0.29, 0.717) is 12.6 Å². The molecular weight excluding hydrogens is 344 g/mol. The van der Waals surface area contributed by atoms with Crippen molar-refractivity contribution < 1.29 is 4.74 Å². The van der Waals surface area contributed by atoms with Gasteiger partial charge in [0.25, 0.3) is 0 Å². The first-order chi connectivity index (χ1) is 12.7. The Kier molecular flexibility index (Phi) is 6.89. The number of nitrogens with one attached hydrogen (secondary N) is 2. The highest BCUT2D eigenvalue weighted by atomic mass is 32.1. The number of guanidine groups is 1. The van der Waals surface area contributed by atoms with Gasteiger partial charge in [-0.15, -0.1) is 11.3 Å². The molecule has 1 heterocycles. The lowest BCUT2D eigenvalue weighted by Gasteiger charge is -2.27. The second-order valence-corrected chi connectivity index (χ2v) is 7.57. The molecule has 26 heavy (non-hydrogen) atoms. The molecule has 0 radical (unpaired) electrons. The molecule has 140 valence electrons. The first kappa shape index (κ1) is 18.7. The van der Waals surface area contributed by atoms with Gasteiger partial charge in [-0.2, -0.15) is 0 Å². The molecule has 6 heteroatoms. The van der Waals surface area contributed by atoms with Gasteiger partial charge in [0, 0.05) is 30.5 Å². The minimum atomic E-state index is 0.382. The molecule has 1 aromatic carbocycles. The van der Waals surface area contributed by atoms with Crippen molar-refractivity contribution in [2.45, 2.75) is 52.2 Å².